The highest BCUT2D eigenvalue weighted by Gasteiger charge is 2.14. The fourth-order valence-corrected chi connectivity index (χ4v) is 3.56. The molecule has 17 heavy (non-hydrogen) atoms. The average molecular weight is 312 g/mol. The van der Waals surface area contributed by atoms with Gasteiger partial charge in [-0.15, -0.1) is 11.3 Å². The van der Waals surface area contributed by atoms with E-state index in [9.17, 15) is 5.11 Å². The number of nitrogens with zero attached hydrogens (tertiary/aromatic N) is 1. The Labute approximate surface area is 113 Å². The molecule has 0 amide bonds. The van der Waals surface area contributed by atoms with E-state index in [0.29, 0.717) is 0 Å². The Bertz CT molecular complexity index is 548. The Morgan fingerprint density at radius 2 is 2.06 bits per heavy atom. The number of hydrogen-bond donors (Lipinski definition) is 1. The van der Waals surface area contributed by atoms with Crippen molar-refractivity contribution in [2.75, 3.05) is 0 Å². The summed E-state index contributed by atoms with van der Waals surface area (Å²) in [5.41, 5.74) is 3.20. The maximum atomic E-state index is 9.64. The maximum absolute atomic E-state index is 9.64. The topological polar surface area (TPSA) is 33.1 Å². The lowest BCUT2D eigenvalue weighted by Gasteiger charge is -2.01. The lowest BCUT2D eigenvalue weighted by molar-refractivity contribution is 0.202. The number of aryl methyl sites for hydroxylation is 2. The van der Waals surface area contributed by atoms with Crippen molar-refractivity contribution < 1.29 is 5.11 Å². The summed E-state index contributed by atoms with van der Waals surface area (Å²) >= 11 is 5.11. The van der Waals surface area contributed by atoms with Gasteiger partial charge in [0.15, 0.2) is 0 Å². The number of aliphatic hydroxyl groups is 1. The third-order valence-electron chi connectivity index (χ3n) is 2.57. The largest absolute Gasteiger partial charge is 0.388 e. The second kappa shape index (κ2) is 4.88. The van der Waals surface area contributed by atoms with Crippen molar-refractivity contribution in [2.24, 2.45) is 0 Å². The molecule has 1 unspecified atom stereocenters. The molecule has 1 heterocycles. The molecule has 2 nitrogen and oxygen atoms in total. The van der Waals surface area contributed by atoms with Gasteiger partial charge in [0.2, 0.25) is 0 Å². The zero-order valence-corrected chi connectivity index (χ0v) is 12.4. The standard InChI is InChI=1S/C13H14BrNOS/c1-7-4-5-10(11(14)6-7)13-15-8(2)12(17-13)9(3)16/h4-6,9,16H,1-3H3. The van der Waals surface area contributed by atoms with Crippen LogP contribution in [-0.4, -0.2) is 10.1 Å². The van der Waals surface area contributed by atoms with Crippen molar-refractivity contribution in [3.05, 3.63) is 38.8 Å². The number of hydrogen-bond acceptors (Lipinski definition) is 3. The Morgan fingerprint density at radius 3 is 2.59 bits per heavy atom. The molecule has 90 valence electrons. The fraction of sp³-hybridized carbons (Fsp3) is 0.308. The minimum Gasteiger partial charge on any atom is -0.388 e. The van der Waals surface area contributed by atoms with Gasteiger partial charge in [-0.05, 0) is 32.4 Å². The third-order valence-corrected chi connectivity index (χ3v) is 4.58. The Balaban J connectivity index is 2.50. The van der Waals surface area contributed by atoms with E-state index < -0.39 is 6.10 Å². The van der Waals surface area contributed by atoms with Crippen molar-refractivity contribution in [3.63, 3.8) is 0 Å². The number of rotatable bonds is 2. The lowest BCUT2D eigenvalue weighted by atomic mass is 10.2. The summed E-state index contributed by atoms with van der Waals surface area (Å²) in [7, 11) is 0. The first-order chi connectivity index (χ1) is 7.99. The Kier molecular flexibility index (Phi) is 3.66. The van der Waals surface area contributed by atoms with Crippen LogP contribution >= 0.6 is 27.3 Å². The first-order valence-electron chi connectivity index (χ1n) is 5.41. The molecule has 0 radical (unpaired) electrons. The fourth-order valence-electron chi connectivity index (χ4n) is 1.70. The van der Waals surface area contributed by atoms with Crippen molar-refractivity contribution in [1.29, 1.82) is 0 Å². The molecule has 0 saturated carbocycles. The molecule has 0 saturated heterocycles. The van der Waals surface area contributed by atoms with Crippen LogP contribution in [0.25, 0.3) is 10.6 Å². The number of aliphatic hydroxyl groups excluding tert-OH is 1. The van der Waals surface area contributed by atoms with Gasteiger partial charge in [-0.3, -0.25) is 0 Å². The van der Waals surface area contributed by atoms with Gasteiger partial charge in [0.05, 0.1) is 16.7 Å². The van der Waals surface area contributed by atoms with Crippen LogP contribution in [0.3, 0.4) is 0 Å². The van der Waals surface area contributed by atoms with Crippen molar-refractivity contribution in [2.45, 2.75) is 26.9 Å². The Morgan fingerprint density at radius 1 is 1.35 bits per heavy atom. The minimum absolute atomic E-state index is 0.453. The molecule has 2 aromatic rings. The first kappa shape index (κ1) is 12.7. The third kappa shape index (κ3) is 2.59. The zero-order chi connectivity index (χ0) is 12.6. The van der Waals surface area contributed by atoms with Gasteiger partial charge in [-0.25, -0.2) is 4.98 Å². The quantitative estimate of drug-likeness (QED) is 0.899. The summed E-state index contributed by atoms with van der Waals surface area (Å²) in [5.74, 6) is 0. The summed E-state index contributed by atoms with van der Waals surface area (Å²) in [6.45, 7) is 5.77. The van der Waals surface area contributed by atoms with E-state index in [-0.39, 0.29) is 0 Å². The van der Waals surface area contributed by atoms with Crippen LogP contribution in [0.4, 0.5) is 0 Å². The van der Waals surface area contributed by atoms with Crippen molar-refractivity contribution >= 4 is 27.3 Å². The molecule has 0 fully saturated rings. The van der Waals surface area contributed by atoms with Crippen LogP contribution in [0.5, 0.6) is 0 Å². The van der Waals surface area contributed by atoms with Crippen LogP contribution in [0.2, 0.25) is 0 Å². The van der Waals surface area contributed by atoms with Gasteiger partial charge in [0.1, 0.15) is 5.01 Å². The molecule has 0 bridgehead atoms. The number of halogens is 1. The molecule has 1 N–H and O–H groups in total. The highest BCUT2D eigenvalue weighted by atomic mass is 79.9. The highest BCUT2D eigenvalue weighted by Crippen LogP contribution is 2.35. The highest BCUT2D eigenvalue weighted by molar-refractivity contribution is 9.10. The van der Waals surface area contributed by atoms with Crippen LogP contribution in [0.15, 0.2) is 22.7 Å². The van der Waals surface area contributed by atoms with Gasteiger partial charge < -0.3 is 5.11 Å². The molecular weight excluding hydrogens is 298 g/mol. The van der Waals surface area contributed by atoms with E-state index in [1.807, 2.05) is 6.92 Å². The molecule has 0 aliphatic carbocycles. The van der Waals surface area contributed by atoms with Crippen molar-refractivity contribution in [3.8, 4) is 10.6 Å². The molecule has 0 aliphatic rings. The number of aromatic nitrogens is 1. The maximum Gasteiger partial charge on any atom is 0.125 e. The molecule has 4 heteroatoms. The molecular formula is C13H14BrNOS. The van der Waals surface area contributed by atoms with Gasteiger partial charge in [-0.2, -0.15) is 0 Å². The molecule has 1 aromatic heterocycles. The van der Waals surface area contributed by atoms with Crippen LogP contribution < -0.4 is 0 Å². The van der Waals surface area contributed by atoms with Crippen LogP contribution in [0, 0.1) is 13.8 Å². The lowest BCUT2D eigenvalue weighted by Crippen LogP contribution is -1.88. The van der Waals surface area contributed by atoms with E-state index in [1.54, 1.807) is 18.3 Å². The summed E-state index contributed by atoms with van der Waals surface area (Å²) in [4.78, 5) is 5.46. The van der Waals surface area contributed by atoms with Crippen LogP contribution in [-0.2, 0) is 0 Å². The van der Waals surface area contributed by atoms with Gasteiger partial charge in [0, 0.05) is 10.0 Å². The van der Waals surface area contributed by atoms with E-state index in [0.717, 1.165) is 25.6 Å². The van der Waals surface area contributed by atoms with Gasteiger partial charge in [-0.1, -0.05) is 28.1 Å². The normalized spacial score (nSPS) is 12.8. The molecule has 2 rings (SSSR count). The monoisotopic (exact) mass is 311 g/mol. The van der Waals surface area contributed by atoms with E-state index >= 15 is 0 Å². The minimum atomic E-state index is -0.453. The second-order valence-corrected chi connectivity index (χ2v) is 6.01. The second-order valence-electron chi connectivity index (χ2n) is 4.13. The summed E-state index contributed by atoms with van der Waals surface area (Å²) in [6.07, 6.45) is -0.453. The summed E-state index contributed by atoms with van der Waals surface area (Å²) in [6, 6.07) is 6.20. The van der Waals surface area contributed by atoms with Crippen molar-refractivity contribution in [1.82, 2.24) is 4.98 Å². The molecule has 0 spiro atoms. The molecule has 0 aliphatic heterocycles. The predicted octanol–water partition coefficient (Wildman–Crippen LogP) is 4.24. The van der Waals surface area contributed by atoms with E-state index in [1.165, 1.54) is 5.56 Å². The van der Waals surface area contributed by atoms with E-state index in [2.05, 4.69) is 46.0 Å². The summed E-state index contributed by atoms with van der Waals surface area (Å²) in [5, 5.41) is 10.6. The van der Waals surface area contributed by atoms with Gasteiger partial charge >= 0.3 is 0 Å². The smallest absolute Gasteiger partial charge is 0.125 e. The molecule has 1 aromatic carbocycles. The van der Waals surface area contributed by atoms with Gasteiger partial charge in [0.25, 0.3) is 0 Å². The number of thiazole rings is 1. The predicted molar refractivity (Wildman–Crippen MR) is 75.4 cm³/mol. The first-order valence-corrected chi connectivity index (χ1v) is 7.02. The Hall–Kier alpha value is -0.710. The molecule has 1 atom stereocenters. The average Bonchev–Trinajstić information content (AvgIpc) is 2.60. The number of benzene rings is 1. The zero-order valence-electron chi connectivity index (χ0n) is 9.99. The van der Waals surface area contributed by atoms with Crippen LogP contribution in [0.1, 0.15) is 29.2 Å². The summed E-state index contributed by atoms with van der Waals surface area (Å²) < 4.78 is 1.04. The SMILES string of the molecule is Cc1ccc(-c2nc(C)c(C(C)O)s2)c(Br)c1. The van der Waals surface area contributed by atoms with E-state index in [4.69, 9.17) is 0 Å².